The molecule has 2 amide bonds. The molecular formula is C27H27N7O3. The van der Waals surface area contributed by atoms with Gasteiger partial charge in [-0.15, -0.1) is 0 Å². The Bertz CT molecular complexity index is 1500. The Balaban J connectivity index is 1.59. The first kappa shape index (κ1) is 25.3. The number of benzene rings is 2. The number of carbonyl (C=O) groups is 2. The Kier molecular flexibility index (Phi) is 7.46. The van der Waals surface area contributed by atoms with Crippen molar-refractivity contribution in [1.82, 2.24) is 19.9 Å². The van der Waals surface area contributed by atoms with Crippen molar-refractivity contribution in [2.45, 2.75) is 26.8 Å². The number of fused-ring (bicyclic) bond motifs is 1. The van der Waals surface area contributed by atoms with Gasteiger partial charge in [0.1, 0.15) is 11.8 Å². The summed E-state index contributed by atoms with van der Waals surface area (Å²) in [5.74, 6) is 0.0156. The lowest BCUT2D eigenvalue weighted by molar-refractivity contribution is 0.0904. The van der Waals surface area contributed by atoms with Gasteiger partial charge in [0.25, 0.3) is 11.8 Å². The Hall–Kier alpha value is -4.75. The molecule has 0 unspecified atom stereocenters. The molecule has 0 aliphatic heterocycles. The van der Waals surface area contributed by atoms with Gasteiger partial charge in [-0.3, -0.25) is 9.59 Å². The van der Waals surface area contributed by atoms with Crippen molar-refractivity contribution in [3.63, 3.8) is 0 Å². The van der Waals surface area contributed by atoms with Crippen LogP contribution < -0.4 is 16.0 Å². The number of ether oxygens (including phenoxy) is 1. The van der Waals surface area contributed by atoms with Crippen LogP contribution in [0.2, 0.25) is 0 Å². The molecule has 3 N–H and O–H groups in total. The molecule has 0 radical (unpaired) electrons. The third-order valence-electron chi connectivity index (χ3n) is 5.89. The van der Waals surface area contributed by atoms with Crippen molar-refractivity contribution in [2.75, 3.05) is 24.4 Å². The van der Waals surface area contributed by atoms with Crippen LogP contribution in [0.25, 0.3) is 5.52 Å². The maximum Gasteiger partial charge on any atom is 0.255 e. The number of nitrogens with one attached hydrogen (secondary N) is 3. The SMILES string of the molecule is COC[C@H](C)NC(=O)c1cn2ncnc(Nc3cc(NC(=O)c4ccc(C#N)cc4)ccc3C)c2c1C. The average molecular weight is 498 g/mol. The van der Waals surface area contributed by atoms with Gasteiger partial charge in [-0.25, -0.2) is 9.50 Å². The first-order chi connectivity index (χ1) is 17.8. The van der Waals surface area contributed by atoms with E-state index in [1.165, 1.54) is 6.33 Å². The van der Waals surface area contributed by atoms with Crippen LogP contribution in [0.15, 0.2) is 55.0 Å². The maximum absolute atomic E-state index is 12.8. The van der Waals surface area contributed by atoms with Crippen molar-refractivity contribution in [2.24, 2.45) is 0 Å². The van der Waals surface area contributed by atoms with E-state index in [-0.39, 0.29) is 17.9 Å². The van der Waals surface area contributed by atoms with Gasteiger partial charge in [-0.1, -0.05) is 6.07 Å². The topological polar surface area (TPSA) is 133 Å². The van der Waals surface area contributed by atoms with Crippen molar-refractivity contribution >= 4 is 34.5 Å². The lowest BCUT2D eigenvalue weighted by Crippen LogP contribution is -2.35. The summed E-state index contributed by atoms with van der Waals surface area (Å²) in [6.07, 6.45) is 3.09. The second-order valence-electron chi connectivity index (χ2n) is 8.70. The molecular weight excluding hydrogens is 470 g/mol. The highest BCUT2D eigenvalue weighted by Gasteiger charge is 2.19. The minimum absolute atomic E-state index is 0.145. The number of aryl methyl sites for hydroxylation is 2. The van der Waals surface area contributed by atoms with Crippen LogP contribution >= 0.6 is 0 Å². The zero-order valence-corrected chi connectivity index (χ0v) is 21.0. The van der Waals surface area contributed by atoms with Crippen LogP contribution in [0.4, 0.5) is 17.2 Å². The third kappa shape index (κ3) is 5.58. The molecule has 0 spiro atoms. The first-order valence-corrected chi connectivity index (χ1v) is 11.6. The lowest BCUT2D eigenvalue weighted by Gasteiger charge is -2.13. The minimum atomic E-state index is -0.287. The van der Waals surface area contributed by atoms with E-state index < -0.39 is 0 Å². The Labute approximate surface area is 214 Å². The predicted octanol–water partition coefficient (Wildman–Crippen LogP) is 3.98. The number of amides is 2. The number of nitriles is 1. The highest BCUT2D eigenvalue weighted by molar-refractivity contribution is 6.04. The third-order valence-corrected chi connectivity index (χ3v) is 5.89. The molecule has 4 aromatic rings. The highest BCUT2D eigenvalue weighted by Crippen LogP contribution is 2.28. The smallest absolute Gasteiger partial charge is 0.255 e. The molecule has 0 aliphatic rings. The fourth-order valence-corrected chi connectivity index (χ4v) is 3.94. The monoisotopic (exact) mass is 497 g/mol. The number of anilines is 3. The van der Waals surface area contributed by atoms with Crippen molar-refractivity contribution in [3.8, 4) is 6.07 Å². The molecule has 37 heavy (non-hydrogen) atoms. The van der Waals surface area contributed by atoms with Gasteiger partial charge in [0.05, 0.1) is 23.8 Å². The molecule has 0 fully saturated rings. The molecule has 2 aromatic heterocycles. The van der Waals surface area contributed by atoms with Gasteiger partial charge in [-0.2, -0.15) is 10.4 Å². The van der Waals surface area contributed by atoms with E-state index in [1.54, 1.807) is 42.1 Å². The zero-order chi connectivity index (χ0) is 26.5. The Morgan fingerprint density at radius 1 is 1.14 bits per heavy atom. The fraction of sp³-hybridized carbons (Fsp3) is 0.222. The van der Waals surface area contributed by atoms with Crippen LogP contribution in [0, 0.1) is 25.2 Å². The van der Waals surface area contributed by atoms with Crippen molar-refractivity contribution in [1.29, 1.82) is 5.26 Å². The molecule has 2 aromatic carbocycles. The van der Waals surface area contributed by atoms with Gasteiger partial charge in [0.2, 0.25) is 0 Å². The van der Waals surface area contributed by atoms with E-state index in [9.17, 15) is 9.59 Å². The number of hydrogen-bond donors (Lipinski definition) is 3. The fourth-order valence-electron chi connectivity index (χ4n) is 3.94. The molecule has 10 heteroatoms. The summed E-state index contributed by atoms with van der Waals surface area (Å²) in [5, 5.41) is 22.4. The number of nitrogens with zero attached hydrogens (tertiary/aromatic N) is 4. The van der Waals surface area contributed by atoms with Gasteiger partial charge in [0.15, 0.2) is 5.82 Å². The molecule has 0 aliphatic carbocycles. The Morgan fingerprint density at radius 2 is 1.89 bits per heavy atom. The molecule has 0 bridgehead atoms. The van der Waals surface area contributed by atoms with E-state index in [0.717, 1.165) is 16.8 Å². The van der Waals surface area contributed by atoms with Crippen LogP contribution in [-0.2, 0) is 4.74 Å². The van der Waals surface area contributed by atoms with E-state index in [2.05, 4.69) is 26.0 Å². The molecule has 10 nitrogen and oxygen atoms in total. The number of carbonyl (C=O) groups excluding carboxylic acids is 2. The highest BCUT2D eigenvalue weighted by atomic mass is 16.5. The molecule has 2 heterocycles. The largest absolute Gasteiger partial charge is 0.383 e. The molecule has 1 atom stereocenters. The molecule has 0 saturated carbocycles. The van der Waals surface area contributed by atoms with E-state index in [4.69, 9.17) is 10.00 Å². The van der Waals surface area contributed by atoms with Gasteiger partial charge in [-0.05, 0) is 68.3 Å². The van der Waals surface area contributed by atoms with Gasteiger partial charge in [0, 0.05) is 36.3 Å². The van der Waals surface area contributed by atoms with Gasteiger partial charge >= 0.3 is 0 Å². The molecule has 0 saturated heterocycles. The number of methoxy groups -OCH3 is 1. The first-order valence-electron chi connectivity index (χ1n) is 11.6. The Morgan fingerprint density at radius 3 is 2.59 bits per heavy atom. The summed E-state index contributed by atoms with van der Waals surface area (Å²) in [6, 6.07) is 13.8. The normalized spacial score (nSPS) is 11.5. The number of hydrogen-bond acceptors (Lipinski definition) is 7. The van der Waals surface area contributed by atoms with Crippen LogP contribution in [0.3, 0.4) is 0 Å². The van der Waals surface area contributed by atoms with E-state index >= 15 is 0 Å². The second-order valence-corrected chi connectivity index (χ2v) is 8.70. The number of rotatable bonds is 8. The summed E-state index contributed by atoms with van der Waals surface area (Å²) in [4.78, 5) is 29.9. The maximum atomic E-state index is 12.8. The van der Waals surface area contributed by atoms with Crippen LogP contribution in [-0.4, -0.2) is 46.2 Å². The van der Waals surface area contributed by atoms with Crippen LogP contribution in [0.1, 0.15) is 44.3 Å². The van der Waals surface area contributed by atoms with Crippen molar-refractivity contribution in [3.05, 3.63) is 82.8 Å². The predicted molar refractivity (Wildman–Crippen MR) is 140 cm³/mol. The lowest BCUT2D eigenvalue weighted by atomic mass is 10.1. The standard InChI is InChI=1S/C27H27N7O3/c1-16-5-10-21(32-26(35)20-8-6-19(12-28)7-9-20)11-23(16)33-25-24-18(3)22(13-34(24)30-15-29-25)27(36)31-17(2)14-37-4/h5-11,13,15,17H,14H2,1-4H3,(H,31,36)(H,32,35)(H,29,30,33)/t17-/m0/s1. The number of aromatic nitrogens is 3. The summed E-state index contributed by atoms with van der Waals surface area (Å²) in [7, 11) is 1.59. The van der Waals surface area contributed by atoms with E-state index in [1.807, 2.05) is 45.0 Å². The summed E-state index contributed by atoms with van der Waals surface area (Å²) < 4.78 is 6.72. The summed E-state index contributed by atoms with van der Waals surface area (Å²) >= 11 is 0. The second kappa shape index (κ2) is 10.9. The summed E-state index contributed by atoms with van der Waals surface area (Å²) in [6.45, 7) is 6.06. The van der Waals surface area contributed by atoms with Crippen molar-refractivity contribution < 1.29 is 14.3 Å². The zero-order valence-electron chi connectivity index (χ0n) is 21.0. The summed E-state index contributed by atoms with van der Waals surface area (Å²) in [5.41, 5.74) is 5.08. The van der Waals surface area contributed by atoms with E-state index in [0.29, 0.717) is 40.3 Å². The molecule has 4 rings (SSSR count). The van der Waals surface area contributed by atoms with Crippen LogP contribution in [0.5, 0.6) is 0 Å². The van der Waals surface area contributed by atoms with Gasteiger partial charge < -0.3 is 20.7 Å². The average Bonchev–Trinajstić information content (AvgIpc) is 3.23. The molecule has 188 valence electrons. The quantitative estimate of drug-likeness (QED) is 0.335. The minimum Gasteiger partial charge on any atom is -0.383 e.